The Balaban J connectivity index is 1.74. The van der Waals surface area contributed by atoms with Gasteiger partial charge in [-0.15, -0.1) is 0 Å². The van der Waals surface area contributed by atoms with Crippen molar-refractivity contribution in [2.75, 3.05) is 20.1 Å². The molecule has 3 aromatic heterocycles. The second-order valence-corrected chi connectivity index (χ2v) is 7.73. The second-order valence-electron chi connectivity index (χ2n) is 7.73. The molecule has 0 aliphatic carbocycles. The lowest BCUT2D eigenvalue weighted by Crippen LogP contribution is -2.18. The minimum Gasteiger partial charge on any atom is -0.323 e. The van der Waals surface area contributed by atoms with Crippen molar-refractivity contribution < 1.29 is 0 Å². The normalized spacial score (nSPS) is 17.2. The Hall–Kier alpha value is -3.37. The monoisotopic (exact) mass is 383 g/mol. The Bertz CT molecular complexity index is 1250. The molecule has 0 radical (unpaired) electrons. The molecular formula is C22H21N7. The molecule has 144 valence electrons. The summed E-state index contributed by atoms with van der Waals surface area (Å²) in [6.45, 7) is 11.4. The Morgan fingerprint density at radius 3 is 2.76 bits per heavy atom. The van der Waals surface area contributed by atoms with Gasteiger partial charge < -0.3 is 9.47 Å². The smallest absolute Gasteiger partial charge is 0.188 e. The summed E-state index contributed by atoms with van der Waals surface area (Å²) in [4.78, 5) is 24.4. The van der Waals surface area contributed by atoms with Gasteiger partial charge in [-0.2, -0.15) is 0 Å². The zero-order chi connectivity index (χ0) is 20.0. The first kappa shape index (κ1) is 17.7. The fourth-order valence-electron chi connectivity index (χ4n) is 4.20. The van der Waals surface area contributed by atoms with Crippen molar-refractivity contribution in [1.29, 1.82) is 0 Å². The van der Waals surface area contributed by atoms with Gasteiger partial charge in [-0.3, -0.25) is 15.0 Å². The van der Waals surface area contributed by atoms with Crippen LogP contribution in [0.3, 0.4) is 0 Å². The number of hydrogen-bond acceptors (Lipinski definition) is 5. The number of pyridine rings is 1. The molecule has 29 heavy (non-hydrogen) atoms. The van der Waals surface area contributed by atoms with E-state index in [4.69, 9.17) is 11.6 Å². The van der Waals surface area contributed by atoms with Crippen LogP contribution in [0.15, 0.2) is 36.8 Å². The van der Waals surface area contributed by atoms with E-state index in [0.717, 1.165) is 58.7 Å². The van der Waals surface area contributed by atoms with Gasteiger partial charge in [0.2, 0.25) is 0 Å². The van der Waals surface area contributed by atoms with E-state index in [-0.39, 0.29) is 0 Å². The van der Waals surface area contributed by atoms with Crippen LogP contribution in [0, 0.1) is 13.5 Å². The number of aromatic nitrogens is 5. The summed E-state index contributed by atoms with van der Waals surface area (Å²) >= 11 is 0. The van der Waals surface area contributed by atoms with E-state index in [1.54, 1.807) is 6.20 Å². The number of hydrogen-bond donors (Lipinski definition) is 0. The quantitative estimate of drug-likeness (QED) is 0.505. The highest BCUT2D eigenvalue weighted by molar-refractivity contribution is 6.03. The van der Waals surface area contributed by atoms with Crippen molar-refractivity contribution in [3.63, 3.8) is 0 Å². The minimum atomic E-state index is 0.334. The molecular weight excluding hydrogens is 362 g/mol. The van der Waals surface area contributed by atoms with Crippen LogP contribution in [0.25, 0.3) is 26.8 Å². The van der Waals surface area contributed by atoms with Crippen LogP contribution in [0.2, 0.25) is 0 Å². The van der Waals surface area contributed by atoms with Crippen LogP contribution < -0.4 is 0 Å². The molecule has 0 amide bonds. The van der Waals surface area contributed by atoms with Crippen LogP contribution >= 0.6 is 0 Å². The van der Waals surface area contributed by atoms with Crippen LogP contribution in [0.4, 0.5) is 5.69 Å². The van der Waals surface area contributed by atoms with Gasteiger partial charge in [-0.1, -0.05) is 6.07 Å². The predicted octanol–water partition coefficient (Wildman–Crippen LogP) is 3.70. The summed E-state index contributed by atoms with van der Waals surface area (Å²) in [7, 11) is 2.15. The Morgan fingerprint density at radius 1 is 1.14 bits per heavy atom. The molecule has 1 aromatic carbocycles. The molecule has 4 aromatic rings. The summed E-state index contributed by atoms with van der Waals surface area (Å²) in [6, 6.07) is 6.01. The van der Waals surface area contributed by atoms with E-state index in [1.165, 1.54) is 0 Å². The lowest BCUT2D eigenvalue weighted by Gasteiger charge is -2.18. The third kappa shape index (κ3) is 3.12. The summed E-state index contributed by atoms with van der Waals surface area (Å²) in [6.07, 6.45) is 7.15. The van der Waals surface area contributed by atoms with Crippen molar-refractivity contribution in [2.45, 2.75) is 25.8 Å². The summed E-state index contributed by atoms with van der Waals surface area (Å²) < 4.78 is 2.36. The van der Waals surface area contributed by atoms with Gasteiger partial charge in [0.05, 0.1) is 35.2 Å². The van der Waals surface area contributed by atoms with Crippen molar-refractivity contribution >= 4 is 27.6 Å². The lowest BCUT2D eigenvalue weighted by molar-refractivity contribution is 0.392. The summed E-state index contributed by atoms with van der Waals surface area (Å²) in [5.41, 5.74) is 5.24. The van der Waals surface area contributed by atoms with Crippen molar-refractivity contribution in [2.24, 2.45) is 0 Å². The SMILES string of the molecule is [C-]#[N+]c1ccc2ncc3nc(Cc4cnc(C)cn4)n([C@@H]4CCN(C)C4)c3c2c1. The average Bonchev–Trinajstić information content (AvgIpc) is 3.32. The molecule has 0 spiro atoms. The molecule has 0 bridgehead atoms. The molecule has 0 unspecified atom stereocenters. The van der Waals surface area contributed by atoms with Crippen LogP contribution in [0.5, 0.6) is 0 Å². The maximum Gasteiger partial charge on any atom is 0.188 e. The zero-order valence-electron chi connectivity index (χ0n) is 16.5. The molecule has 0 saturated carbocycles. The average molecular weight is 383 g/mol. The second kappa shape index (κ2) is 6.90. The van der Waals surface area contributed by atoms with Crippen molar-refractivity contribution in [3.8, 4) is 0 Å². The van der Waals surface area contributed by atoms with Crippen LogP contribution in [-0.2, 0) is 6.42 Å². The van der Waals surface area contributed by atoms with Gasteiger partial charge in [-0.25, -0.2) is 9.83 Å². The first-order chi connectivity index (χ1) is 14.1. The Kier molecular flexibility index (Phi) is 4.22. The number of rotatable bonds is 3. The molecule has 1 aliphatic rings. The largest absolute Gasteiger partial charge is 0.323 e. The Labute approximate surface area is 168 Å². The highest BCUT2D eigenvalue weighted by Gasteiger charge is 2.27. The van der Waals surface area contributed by atoms with Gasteiger partial charge in [0, 0.05) is 36.8 Å². The molecule has 7 nitrogen and oxygen atoms in total. The number of likely N-dealkylation sites (N-methyl/N-ethyl adjacent to an activating group) is 1. The molecule has 7 heteroatoms. The molecule has 1 fully saturated rings. The summed E-state index contributed by atoms with van der Waals surface area (Å²) in [5, 5.41) is 0.985. The number of fused-ring (bicyclic) bond motifs is 3. The number of benzene rings is 1. The molecule has 1 atom stereocenters. The van der Waals surface area contributed by atoms with E-state index >= 15 is 0 Å². The first-order valence-electron chi connectivity index (χ1n) is 9.75. The topological polar surface area (TPSA) is 64.1 Å². The molecule has 5 rings (SSSR count). The number of aryl methyl sites for hydroxylation is 1. The van der Waals surface area contributed by atoms with Crippen LogP contribution in [0.1, 0.15) is 29.7 Å². The highest BCUT2D eigenvalue weighted by Crippen LogP contribution is 2.33. The summed E-state index contributed by atoms with van der Waals surface area (Å²) in [5.74, 6) is 0.973. The number of imidazole rings is 1. The molecule has 1 aliphatic heterocycles. The maximum absolute atomic E-state index is 7.41. The van der Waals surface area contributed by atoms with Gasteiger partial charge in [0.1, 0.15) is 11.3 Å². The highest BCUT2D eigenvalue weighted by atomic mass is 15.2. The number of likely N-dealkylation sites (tertiary alicyclic amines) is 1. The van der Waals surface area contributed by atoms with E-state index in [0.29, 0.717) is 18.2 Å². The zero-order valence-corrected chi connectivity index (χ0v) is 16.5. The fourth-order valence-corrected chi connectivity index (χ4v) is 4.20. The van der Waals surface area contributed by atoms with Crippen molar-refractivity contribution in [1.82, 2.24) is 29.4 Å². The molecule has 4 heterocycles. The van der Waals surface area contributed by atoms with E-state index in [9.17, 15) is 0 Å². The third-order valence-electron chi connectivity index (χ3n) is 5.61. The van der Waals surface area contributed by atoms with Gasteiger partial charge in [-0.05, 0) is 39.1 Å². The standard InChI is InChI=1S/C22H21N7/c1-14-10-25-16(11-24-14)9-21-27-20-12-26-19-5-4-15(23-2)8-18(19)22(20)29(21)17-6-7-28(3)13-17/h4-5,8,10-12,17H,6-7,9,13H2,1,3H3/t17-/m1/s1. The third-order valence-corrected chi connectivity index (χ3v) is 5.61. The fraction of sp³-hybridized carbons (Fsp3) is 0.318. The van der Waals surface area contributed by atoms with Crippen LogP contribution in [-0.4, -0.2) is 49.5 Å². The molecule has 1 saturated heterocycles. The number of nitrogens with zero attached hydrogens (tertiary/aromatic N) is 7. The van der Waals surface area contributed by atoms with Gasteiger partial charge in [0.15, 0.2) is 5.69 Å². The van der Waals surface area contributed by atoms with Crippen molar-refractivity contribution in [3.05, 3.63) is 65.4 Å². The molecule has 0 N–H and O–H groups in total. The lowest BCUT2D eigenvalue weighted by atomic mass is 10.1. The van der Waals surface area contributed by atoms with E-state index in [1.807, 2.05) is 37.5 Å². The Morgan fingerprint density at radius 2 is 2.03 bits per heavy atom. The van der Waals surface area contributed by atoms with Gasteiger partial charge in [0.25, 0.3) is 0 Å². The van der Waals surface area contributed by atoms with E-state index in [2.05, 4.69) is 36.3 Å². The first-order valence-corrected chi connectivity index (χ1v) is 9.75. The van der Waals surface area contributed by atoms with Gasteiger partial charge >= 0.3 is 0 Å². The predicted molar refractivity (Wildman–Crippen MR) is 112 cm³/mol. The minimum absolute atomic E-state index is 0.334. The maximum atomic E-state index is 7.41. The van der Waals surface area contributed by atoms with E-state index < -0.39 is 0 Å².